The summed E-state index contributed by atoms with van der Waals surface area (Å²) in [5, 5.41) is 18.0. The molecule has 0 heterocycles. The first-order chi connectivity index (χ1) is 6.79. The van der Waals surface area contributed by atoms with Gasteiger partial charge in [0.1, 0.15) is 0 Å². The maximum atomic E-state index is 9.66. The Morgan fingerprint density at radius 2 is 2.36 bits per heavy atom. The molecule has 0 aliphatic heterocycles. The lowest BCUT2D eigenvalue weighted by atomic mass is 10.2. The van der Waals surface area contributed by atoms with Crippen molar-refractivity contribution in [1.29, 1.82) is 5.26 Å². The van der Waals surface area contributed by atoms with Gasteiger partial charge in [-0.05, 0) is 19.1 Å². The molecule has 14 heavy (non-hydrogen) atoms. The summed E-state index contributed by atoms with van der Waals surface area (Å²) in [4.78, 5) is 0. The van der Waals surface area contributed by atoms with Crippen LogP contribution in [0.3, 0.4) is 0 Å². The van der Waals surface area contributed by atoms with Gasteiger partial charge in [-0.3, -0.25) is 0 Å². The largest absolute Gasteiger partial charge is 0.504 e. The number of rotatable bonds is 3. The van der Waals surface area contributed by atoms with E-state index < -0.39 is 0 Å². The Morgan fingerprint density at radius 1 is 1.57 bits per heavy atom. The second-order valence-corrected chi connectivity index (χ2v) is 2.59. The van der Waals surface area contributed by atoms with E-state index >= 15 is 0 Å². The molecule has 0 aromatic heterocycles. The Balaban J connectivity index is 3.02. The first-order valence-corrected chi connectivity index (χ1v) is 4.30. The first kappa shape index (κ1) is 10.1. The molecule has 3 nitrogen and oxygen atoms in total. The van der Waals surface area contributed by atoms with Crippen LogP contribution in [-0.2, 0) is 0 Å². The van der Waals surface area contributed by atoms with Crippen LogP contribution < -0.4 is 4.74 Å². The lowest BCUT2D eigenvalue weighted by Gasteiger charge is -2.06. The number of aromatic hydroxyl groups is 1. The molecule has 0 saturated heterocycles. The van der Waals surface area contributed by atoms with E-state index in [0.717, 1.165) is 0 Å². The predicted octanol–water partition coefficient (Wildman–Crippen LogP) is 2.33. The summed E-state index contributed by atoms with van der Waals surface area (Å²) >= 11 is 0. The topological polar surface area (TPSA) is 53.2 Å². The van der Waals surface area contributed by atoms with E-state index in [1.54, 1.807) is 18.2 Å². The fraction of sp³-hybridized carbons (Fsp3) is 0.182. The van der Waals surface area contributed by atoms with Crippen molar-refractivity contribution < 1.29 is 9.84 Å². The van der Waals surface area contributed by atoms with Crippen molar-refractivity contribution in [2.24, 2.45) is 0 Å². The number of allylic oxidation sites excluding steroid dienone is 1. The van der Waals surface area contributed by atoms with Crippen LogP contribution >= 0.6 is 0 Å². The third kappa shape index (κ3) is 2.27. The molecule has 0 radical (unpaired) electrons. The zero-order chi connectivity index (χ0) is 10.4. The Bertz CT molecular complexity index is 377. The zero-order valence-electron chi connectivity index (χ0n) is 7.90. The quantitative estimate of drug-likeness (QED) is 0.742. The number of benzene rings is 1. The lowest BCUT2D eigenvalue weighted by Crippen LogP contribution is -1.92. The number of nitrogens with zero attached hydrogens (tertiary/aromatic N) is 1. The monoisotopic (exact) mass is 189 g/mol. The van der Waals surface area contributed by atoms with Crippen molar-refractivity contribution in [3.8, 4) is 17.6 Å². The average molecular weight is 189 g/mol. The van der Waals surface area contributed by atoms with Gasteiger partial charge in [0.25, 0.3) is 0 Å². The number of phenols is 1. The predicted molar refractivity (Wildman–Crippen MR) is 53.9 cm³/mol. The summed E-state index contributed by atoms with van der Waals surface area (Å²) in [5.74, 6) is 0.508. The first-order valence-electron chi connectivity index (χ1n) is 4.30. The third-order valence-corrected chi connectivity index (χ3v) is 1.67. The summed E-state index contributed by atoms with van der Waals surface area (Å²) in [6.45, 7) is 2.34. The molecule has 0 aliphatic rings. The van der Waals surface area contributed by atoms with Gasteiger partial charge in [0.2, 0.25) is 0 Å². The average Bonchev–Trinajstić information content (AvgIpc) is 2.20. The summed E-state index contributed by atoms with van der Waals surface area (Å²) in [6, 6.07) is 7.03. The Labute approximate surface area is 82.9 Å². The lowest BCUT2D eigenvalue weighted by molar-refractivity contribution is 0.318. The summed E-state index contributed by atoms with van der Waals surface area (Å²) < 4.78 is 5.19. The van der Waals surface area contributed by atoms with Crippen LogP contribution in [0.4, 0.5) is 0 Å². The standard InChI is InChI=1S/C11H11NO2/c1-2-14-10-7-3-5-9(11(10)13)6-4-8-12/h3-7,13H,2H2,1H3. The van der Waals surface area contributed by atoms with Gasteiger partial charge in [-0.2, -0.15) is 5.26 Å². The van der Waals surface area contributed by atoms with E-state index in [2.05, 4.69) is 0 Å². The van der Waals surface area contributed by atoms with Crippen molar-refractivity contribution in [3.05, 3.63) is 29.8 Å². The number of nitriles is 1. The molecule has 72 valence electrons. The number of hydrogen-bond donors (Lipinski definition) is 1. The molecule has 0 fully saturated rings. The van der Waals surface area contributed by atoms with Crippen LogP contribution in [-0.4, -0.2) is 11.7 Å². The SMILES string of the molecule is CCOc1cccc(C=CC#N)c1O. The van der Waals surface area contributed by atoms with E-state index in [4.69, 9.17) is 10.00 Å². The highest BCUT2D eigenvalue weighted by Gasteiger charge is 2.04. The molecular weight excluding hydrogens is 178 g/mol. The molecule has 1 aromatic carbocycles. The Kier molecular flexibility index (Phi) is 3.57. The normalized spacial score (nSPS) is 10.0. The highest BCUT2D eigenvalue weighted by Crippen LogP contribution is 2.30. The molecule has 0 bridgehead atoms. The van der Waals surface area contributed by atoms with Gasteiger partial charge in [0.05, 0.1) is 12.7 Å². The van der Waals surface area contributed by atoms with Gasteiger partial charge < -0.3 is 9.84 Å². The van der Waals surface area contributed by atoms with Gasteiger partial charge in [0.15, 0.2) is 11.5 Å². The van der Waals surface area contributed by atoms with Crippen LogP contribution in [0.25, 0.3) is 6.08 Å². The van der Waals surface area contributed by atoms with E-state index in [0.29, 0.717) is 17.9 Å². The second-order valence-electron chi connectivity index (χ2n) is 2.59. The maximum absolute atomic E-state index is 9.66. The maximum Gasteiger partial charge on any atom is 0.165 e. The fourth-order valence-electron chi connectivity index (χ4n) is 1.07. The van der Waals surface area contributed by atoms with Crippen molar-refractivity contribution in [3.63, 3.8) is 0 Å². The minimum absolute atomic E-state index is 0.0702. The smallest absolute Gasteiger partial charge is 0.165 e. The number of ether oxygens (including phenoxy) is 1. The molecule has 1 aromatic rings. The van der Waals surface area contributed by atoms with Crippen molar-refractivity contribution in [2.45, 2.75) is 6.92 Å². The molecule has 0 atom stereocenters. The van der Waals surface area contributed by atoms with Gasteiger partial charge in [-0.15, -0.1) is 0 Å². The second kappa shape index (κ2) is 4.93. The van der Waals surface area contributed by atoms with Crippen LogP contribution in [0.15, 0.2) is 24.3 Å². The van der Waals surface area contributed by atoms with Crippen LogP contribution in [0.2, 0.25) is 0 Å². The van der Waals surface area contributed by atoms with Crippen molar-refractivity contribution >= 4 is 6.08 Å². The van der Waals surface area contributed by atoms with Crippen LogP contribution in [0, 0.1) is 11.3 Å². The molecule has 0 unspecified atom stereocenters. The van der Waals surface area contributed by atoms with E-state index in [9.17, 15) is 5.11 Å². The molecule has 1 rings (SSSR count). The third-order valence-electron chi connectivity index (χ3n) is 1.67. The Hall–Kier alpha value is -1.95. The van der Waals surface area contributed by atoms with Gasteiger partial charge in [0, 0.05) is 11.6 Å². The van der Waals surface area contributed by atoms with Gasteiger partial charge in [-0.25, -0.2) is 0 Å². The van der Waals surface area contributed by atoms with Gasteiger partial charge in [-0.1, -0.05) is 12.1 Å². The van der Waals surface area contributed by atoms with Crippen LogP contribution in [0.1, 0.15) is 12.5 Å². The number of para-hydroxylation sites is 1. The molecule has 1 N–H and O–H groups in total. The summed E-state index contributed by atoms with van der Waals surface area (Å²) in [6.07, 6.45) is 2.85. The molecule has 0 saturated carbocycles. The molecule has 0 aliphatic carbocycles. The van der Waals surface area contributed by atoms with Crippen molar-refractivity contribution in [1.82, 2.24) is 0 Å². The summed E-state index contributed by atoms with van der Waals surface area (Å²) in [5.41, 5.74) is 0.581. The van der Waals surface area contributed by atoms with Gasteiger partial charge >= 0.3 is 0 Å². The highest BCUT2D eigenvalue weighted by atomic mass is 16.5. The minimum Gasteiger partial charge on any atom is -0.504 e. The van der Waals surface area contributed by atoms with E-state index in [1.807, 2.05) is 13.0 Å². The summed E-state index contributed by atoms with van der Waals surface area (Å²) in [7, 11) is 0. The van der Waals surface area contributed by atoms with E-state index in [-0.39, 0.29) is 5.75 Å². The van der Waals surface area contributed by atoms with E-state index in [1.165, 1.54) is 12.2 Å². The molecule has 0 spiro atoms. The molecular formula is C11H11NO2. The Morgan fingerprint density at radius 3 is 3.00 bits per heavy atom. The van der Waals surface area contributed by atoms with Crippen LogP contribution in [0.5, 0.6) is 11.5 Å². The minimum atomic E-state index is 0.0702. The molecule has 3 heteroatoms. The molecule has 0 amide bonds. The van der Waals surface area contributed by atoms with Crippen molar-refractivity contribution in [2.75, 3.05) is 6.61 Å². The zero-order valence-corrected chi connectivity index (χ0v) is 7.90. The highest BCUT2D eigenvalue weighted by molar-refractivity contribution is 5.62. The fourth-order valence-corrected chi connectivity index (χ4v) is 1.07. The number of hydrogen-bond acceptors (Lipinski definition) is 3. The number of phenolic OH excluding ortho intramolecular Hbond substituents is 1.